The van der Waals surface area contributed by atoms with Gasteiger partial charge in [-0.15, -0.1) is 21.9 Å². The van der Waals surface area contributed by atoms with E-state index in [9.17, 15) is 27.6 Å². The molecule has 3 aliphatic carbocycles. The minimum atomic E-state index is -3.90. The Labute approximate surface area is 325 Å². The first-order valence-corrected chi connectivity index (χ1v) is 21.4. The van der Waals surface area contributed by atoms with Gasteiger partial charge in [-0.3, -0.25) is 19.1 Å². The zero-order valence-corrected chi connectivity index (χ0v) is 32.7. The van der Waals surface area contributed by atoms with Gasteiger partial charge >= 0.3 is 6.09 Å². The Balaban J connectivity index is 1.16. The number of alkyl carbamates (subject to hydrolysis) is 1. The van der Waals surface area contributed by atoms with Crippen LogP contribution in [-0.4, -0.2) is 99.1 Å². The van der Waals surface area contributed by atoms with Gasteiger partial charge < -0.3 is 25.0 Å². The van der Waals surface area contributed by atoms with Gasteiger partial charge in [-0.2, -0.15) is 4.52 Å². The van der Waals surface area contributed by atoms with Gasteiger partial charge in [-0.05, 0) is 74.3 Å². The number of nitrogens with zero attached hydrogens (tertiary/aromatic N) is 5. The predicted octanol–water partition coefficient (Wildman–Crippen LogP) is 3.33. The number of aryl methyl sites for hydroxylation is 1. The summed E-state index contributed by atoms with van der Waals surface area (Å²) in [6.45, 7) is 8.02. The quantitative estimate of drug-likeness (QED) is 0.296. The fourth-order valence-corrected chi connectivity index (χ4v) is 10.1. The molecule has 1 saturated heterocycles. The zero-order chi connectivity index (χ0) is 39.4. The summed E-state index contributed by atoms with van der Waals surface area (Å²) in [5.74, 6) is -2.35. The van der Waals surface area contributed by atoms with Crippen molar-refractivity contribution in [2.45, 2.75) is 120 Å². The van der Waals surface area contributed by atoms with Crippen LogP contribution in [0.2, 0.25) is 0 Å². The van der Waals surface area contributed by atoms with Crippen molar-refractivity contribution in [2.75, 3.05) is 13.2 Å². The maximum Gasteiger partial charge on any atom is 0.407 e. The molecule has 2 aromatic heterocycles. The Kier molecular flexibility index (Phi) is 9.94. The lowest BCUT2D eigenvalue weighted by molar-refractivity contribution is -0.142. The summed E-state index contributed by atoms with van der Waals surface area (Å²) >= 11 is 0. The third kappa shape index (κ3) is 7.53. The van der Waals surface area contributed by atoms with E-state index in [0.29, 0.717) is 36.7 Å². The second kappa shape index (κ2) is 14.6. The first-order chi connectivity index (χ1) is 26.8. The van der Waals surface area contributed by atoms with E-state index in [1.165, 1.54) is 21.8 Å². The SMILES string of the molecule is C=C[C@@H]1C[C@]1(NC(=O)[C@@H]1C[C@@H]2CN1C(=O)[C@H](C1CCCCC1)NC(=O)OCC(C)(C)CCCc1ccc3c(c1)c(nn1cnnc31)O2)C(=O)NS(=O)(=O)C1CC1. The Bertz CT molecular complexity index is 2180. The number of hydrogen-bond acceptors (Lipinski definition) is 11. The lowest BCUT2D eigenvalue weighted by Crippen LogP contribution is -2.59. The highest BCUT2D eigenvalue weighted by molar-refractivity contribution is 7.91. The maximum atomic E-state index is 14.9. The van der Waals surface area contributed by atoms with Crippen LogP contribution in [0.5, 0.6) is 5.88 Å². The van der Waals surface area contributed by atoms with Gasteiger partial charge in [0.05, 0.1) is 18.4 Å². The molecule has 4 fully saturated rings. The number of hydrogen-bond donors (Lipinski definition) is 3. The molecule has 0 unspecified atom stereocenters. The molecule has 5 aliphatic rings. The Hall–Kier alpha value is -4.80. The van der Waals surface area contributed by atoms with Crippen LogP contribution >= 0.6 is 0 Å². The molecule has 5 atom stereocenters. The molecule has 3 N–H and O–H groups in total. The summed E-state index contributed by atoms with van der Waals surface area (Å²) in [6.07, 6.45) is 9.28. The topological polar surface area (TPSA) is 203 Å². The molecule has 1 aromatic carbocycles. The molecule has 4 heterocycles. The van der Waals surface area contributed by atoms with Gasteiger partial charge in [0.1, 0.15) is 30.1 Å². The number of cyclic esters (lactones) is 1. The van der Waals surface area contributed by atoms with Gasteiger partial charge in [0.15, 0.2) is 5.65 Å². The summed E-state index contributed by atoms with van der Waals surface area (Å²) in [6, 6.07) is 3.92. The van der Waals surface area contributed by atoms with Crippen molar-refractivity contribution in [1.29, 1.82) is 0 Å². The van der Waals surface area contributed by atoms with Crippen molar-refractivity contribution in [1.82, 2.24) is 40.1 Å². The third-order valence-electron chi connectivity index (χ3n) is 12.2. The van der Waals surface area contributed by atoms with Crippen molar-refractivity contribution in [3.63, 3.8) is 0 Å². The van der Waals surface area contributed by atoms with Crippen LogP contribution in [0.25, 0.3) is 16.4 Å². The fraction of sp³-hybridized carbons (Fsp3) is 0.615. The van der Waals surface area contributed by atoms with Crippen molar-refractivity contribution >= 4 is 50.3 Å². The van der Waals surface area contributed by atoms with Gasteiger partial charge in [-0.1, -0.05) is 51.3 Å². The molecule has 4 bridgehead atoms. The number of amides is 4. The number of rotatable bonds is 7. The Morgan fingerprint density at radius 1 is 1.07 bits per heavy atom. The Morgan fingerprint density at radius 3 is 2.59 bits per heavy atom. The third-order valence-corrected chi connectivity index (χ3v) is 14.1. The van der Waals surface area contributed by atoms with Crippen molar-refractivity contribution in [3.05, 3.63) is 42.7 Å². The lowest BCUT2D eigenvalue weighted by Gasteiger charge is -2.35. The average Bonchev–Trinajstić information content (AvgIpc) is 4.06. The van der Waals surface area contributed by atoms with Gasteiger partial charge in [0.2, 0.25) is 27.7 Å². The van der Waals surface area contributed by atoms with Crippen LogP contribution in [0.1, 0.15) is 90.0 Å². The number of carbonyl (C=O) groups is 4. The van der Waals surface area contributed by atoms with Crippen LogP contribution in [0, 0.1) is 17.3 Å². The fourth-order valence-electron chi connectivity index (χ4n) is 8.69. The molecule has 0 radical (unpaired) electrons. The second-order valence-corrected chi connectivity index (χ2v) is 19.0. The number of ether oxygens (including phenoxy) is 2. The molecule has 300 valence electrons. The number of sulfonamides is 1. The van der Waals surface area contributed by atoms with Crippen LogP contribution in [0.3, 0.4) is 0 Å². The molecule has 8 rings (SSSR count). The van der Waals surface area contributed by atoms with Crippen molar-refractivity contribution in [3.8, 4) is 5.88 Å². The lowest BCUT2D eigenvalue weighted by atomic mass is 9.83. The summed E-state index contributed by atoms with van der Waals surface area (Å²) in [4.78, 5) is 57.9. The number of benzene rings is 1. The van der Waals surface area contributed by atoms with E-state index in [-0.39, 0.29) is 43.2 Å². The van der Waals surface area contributed by atoms with E-state index in [1.54, 1.807) is 0 Å². The summed E-state index contributed by atoms with van der Waals surface area (Å²) in [5.41, 5.74) is -0.288. The summed E-state index contributed by atoms with van der Waals surface area (Å²) < 4.78 is 41.7. The monoisotopic (exact) mass is 790 g/mol. The van der Waals surface area contributed by atoms with Crippen LogP contribution in [0.4, 0.5) is 4.79 Å². The van der Waals surface area contributed by atoms with Crippen LogP contribution < -0.4 is 20.1 Å². The second-order valence-electron chi connectivity index (χ2n) is 17.1. The number of nitrogens with one attached hydrogen (secondary N) is 3. The van der Waals surface area contributed by atoms with Crippen LogP contribution in [-0.2, 0) is 35.6 Å². The molecule has 4 amide bonds. The van der Waals surface area contributed by atoms with Crippen LogP contribution in [0.15, 0.2) is 37.2 Å². The van der Waals surface area contributed by atoms with Gasteiger partial charge in [0, 0.05) is 23.1 Å². The number of fused-ring (bicyclic) bond motifs is 5. The number of aromatic nitrogens is 4. The Morgan fingerprint density at radius 2 is 1.86 bits per heavy atom. The molecular weight excluding hydrogens is 741 g/mol. The smallest absolute Gasteiger partial charge is 0.407 e. The van der Waals surface area contributed by atoms with E-state index in [1.807, 2.05) is 32.0 Å². The minimum Gasteiger partial charge on any atom is -0.471 e. The predicted molar refractivity (Wildman–Crippen MR) is 204 cm³/mol. The highest BCUT2D eigenvalue weighted by Gasteiger charge is 2.62. The summed E-state index contributed by atoms with van der Waals surface area (Å²) in [5, 5.41) is 19.6. The molecule has 2 aliphatic heterocycles. The minimum absolute atomic E-state index is 0.0207. The molecule has 17 heteroatoms. The first kappa shape index (κ1) is 38.1. The highest BCUT2D eigenvalue weighted by Crippen LogP contribution is 2.46. The molecule has 0 spiro atoms. The van der Waals surface area contributed by atoms with E-state index < -0.39 is 68.7 Å². The molecule has 3 saturated carbocycles. The van der Waals surface area contributed by atoms with E-state index in [0.717, 1.165) is 49.5 Å². The van der Waals surface area contributed by atoms with Crippen molar-refractivity contribution in [2.24, 2.45) is 17.3 Å². The standard InChI is InChI=1S/C39H50N8O8S/c1-4-25-19-39(25,36(50)45-56(52,53)27-13-14-27)42-33(48)30-18-26-20-46(30)35(49)31(24-10-6-5-7-11-24)41-37(51)54-21-38(2,3)16-8-9-23-12-15-28-29(17-23)34(55-26)44-47-22-40-43-32(28)47/h4,12,15,17,22,24-27,30-31H,1,5-11,13-14,16,18-21H2,2-3H3,(H,41,51)(H,42,48)(H,45,50)/t25-,26-,30+,31+,39-/m1/s1. The van der Waals surface area contributed by atoms with E-state index >= 15 is 0 Å². The van der Waals surface area contributed by atoms with Gasteiger partial charge in [0.25, 0.3) is 5.91 Å². The number of carbonyl (C=O) groups excluding carboxylic acids is 4. The largest absolute Gasteiger partial charge is 0.471 e. The molecular formula is C39H50N8O8S. The zero-order valence-electron chi connectivity index (χ0n) is 31.9. The average molecular weight is 791 g/mol. The highest BCUT2D eigenvalue weighted by atomic mass is 32.2. The molecule has 56 heavy (non-hydrogen) atoms. The van der Waals surface area contributed by atoms with E-state index in [2.05, 4.69) is 32.1 Å². The van der Waals surface area contributed by atoms with Gasteiger partial charge in [-0.25, -0.2) is 13.2 Å². The normalized spacial score (nSPS) is 28.8. The summed E-state index contributed by atoms with van der Waals surface area (Å²) in [7, 11) is -3.90. The maximum absolute atomic E-state index is 14.9. The molecule has 3 aromatic rings. The first-order valence-electron chi connectivity index (χ1n) is 19.8. The molecule has 16 nitrogen and oxygen atoms in total. The van der Waals surface area contributed by atoms with E-state index in [4.69, 9.17) is 14.6 Å². The van der Waals surface area contributed by atoms with Crippen molar-refractivity contribution < 1.29 is 37.1 Å².